The number of benzene rings is 2. The van der Waals surface area contributed by atoms with Crippen LogP contribution >= 0.6 is 11.3 Å². The molecule has 8 heteroatoms. The van der Waals surface area contributed by atoms with Gasteiger partial charge in [-0.1, -0.05) is 24.3 Å². The number of rotatable bonds is 7. The van der Waals surface area contributed by atoms with E-state index in [9.17, 15) is 17.6 Å². The lowest BCUT2D eigenvalue weighted by atomic mass is 10.2. The third-order valence-corrected chi connectivity index (χ3v) is 5.96. The predicted octanol–water partition coefficient (Wildman–Crippen LogP) is 3.72. The Morgan fingerprint density at radius 1 is 1.07 bits per heavy atom. The molecule has 0 aliphatic carbocycles. The van der Waals surface area contributed by atoms with Crippen molar-refractivity contribution in [3.05, 3.63) is 87.9 Å². The fourth-order valence-electron chi connectivity index (χ4n) is 2.27. The fourth-order valence-corrected chi connectivity index (χ4v) is 4.05. The molecule has 140 valence electrons. The van der Waals surface area contributed by atoms with Gasteiger partial charge in [0.1, 0.15) is 12.4 Å². The molecule has 1 heterocycles. The van der Waals surface area contributed by atoms with E-state index in [1.807, 2.05) is 17.5 Å². The van der Waals surface area contributed by atoms with E-state index in [4.69, 9.17) is 4.74 Å². The zero-order chi connectivity index (χ0) is 19.3. The highest BCUT2D eigenvalue weighted by atomic mass is 32.2. The molecule has 5 nitrogen and oxygen atoms in total. The molecule has 0 spiro atoms. The summed E-state index contributed by atoms with van der Waals surface area (Å²) in [6.45, 7) is 0.145. The van der Waals surface area contributed by atoms with E-state index in [0.29, 0.717) is 5.56 Å². The van der Waals surface area contributed by atoms with E-state index in [0.717, 1.165) is 4.88 Å². The van der Waals surface area contributed by atoms with Crippen LogP contribution in [0.15, 0.2) is 70.9 Å². The van der Waals surface area contributed by atoms with Gasteiger partial charge >= 0.3 is 5.97 Å². The number of hydrogen-bond donors (Lipinski definition) is 1. The number of sulfonamides is 1. The Bertz CT molecular complexity index is 1020. The summed E-state index contributed by atoms with van der Waals surface area (Å²) in [6, 6.07) is 14.9. The molecule has 0 amide bonds. The van der Waals surface area contributed by atoms with Crippen molar-refractivity contribution in [2.75, 3.05) is 0 Å². The topological polar surface area (TPSA) is 72.5 Å². The number of halogens is 1. The van der Waals surface area contributed by atoms with Gasteiger partial charge in [-0.25, -0.2) is 22.3 Å². The molecule has 1 N–H and O–H groups in total. The number of hydrogen-bond acceptors (Lipinski definition) is 5. The molecule has 0 saturated carbocycles. The summed E-state index contributed by atoms with van der Waals surface area (Å²) in [4.78, 5) is 13.1. The lowest BCUT2D eigenvalue weighted by molar-refractivity contribution is 0.0472. The summed E-state index contributed by atoms with van der Waals surface area (Å²) in [5.74, 6) is -1.03. The number of carbonyl (C=O) groups is 1. The molecule has 3 rings (SSSR count). The Morgan fingerprint density at radius 3 is 2.56 bits per heavy atom. The first-order valence-electron chi connectivity index (χ1n) is 7.98. The van der Waals surface area contributed by atoms with Crippen LogP contribution in [0, 0.1) is 5.82 Å². The molecular weight excluding hydrogens is 389 g/mol. The second-order valence-corrected chi connectivity index (χ2v) is 8.43. The van der Waals surface area contributed by atoms with E-state index in [-0.39, 0.29) is 29.4 Å². The Kier molecular flexibility index (Phi) is 6.00. The Balaban J connectivity index is 1.66. The van der Waals surface area contributed by atoms with Crippen molar-refractivity contribution in [3.63, 3.8) is 0 Å². The summed E-state index contributed by atoms with van der Waals surface area (Å²) in [5, 5.41) is 1.86. The average molecular weight is 405 g/mol. The molecule has 2 aromatic carbocycles. The van der Waals surface area contributed by atoms with Gasteiger partial charge in [-0.15, -0.1) is 11.3 Å². The Morgan fingerprint density at radius 2 is 1.85 bits per heavy atom. The van der Waals surface area contributed by atoms with Crippen LogP contribution in [-0.4, -0.2) is 14.4 Å². The summed E-state index contributed by atoms with van der Waals surface area (Å²) in [7, 11) is -3.76. The highest BCUT2D eigenvalue weighted by molar-refractivity contribution is 7.89. The molecule has 0 unspecified atom stereocenters. The number of carbonyl (C=O) groups excluding carboxylic acids is 1. The van der Waals surface area contributed by atoms with Crippen LogP contribution in [-0.2, 0) is 27.9 Å². The zero-order valence-corrected chi connectivity index (χ0v) is 15.7. The van der Waals surface area contributed by atoms with Crippen molar-refractivity contribution in [2.24, 2.45) is 0 Å². The predicted molar refractivity (Wildman–Crippen MR) is 100 cm³/mol. The van der Waals surface area contributed by atoms with E-state index in [2.05, 4.69) is 4.72 Å². The molecule has 3 aromatic rings. The first kappa shape index (κ1) is 19.2. The minimum atomic E-state index is -3.76. The normalized spacial score (nSPS) is 11.3. The summed E-state index contributed by atoms with van der Waals surface area (Å²) < 4.78 is 45.4. The van der Waals surface area contributed by atoms with Crippen molar-refractivity contribution in [3.8, 4) is 0 Å². The third kappa shape index (κ3) is 5.22. The highest BCUT2D eigenvalue weighted by Crippen LogP contribution is 2.15. The van der Waals surface area contributed by atoms with Gasteiger partial charge in [0.05, 0.1) is 10.5 Å². The van der Waals surface area contributed by atoms with Crippen molar-refractivity contribution in [2.45, 2.75) is 18.0 Å². The Hall–Kier alpha value is -2.55. The molecule has 0 bridgehead atoms. The highest BCUT2D eigenvalue weighted by Gasteiger charge is 2.17. The summed E-state index contributed by atoms with van der Waals surface area (Å²) >= 11 is 1.45. The summed E-state index contributed by atoms with van der Waals surface area (Å²) in [5.41, 5.74) is 0.752. The molecule has 1 aromatic heterocycles. The monoisotopic (exact) mass is 405 g/mol. The lowest BCUT2D eigenvalue weighted by Gasteiger charge is -2.08. The molecule has 0 saturated heterocycles. The maximum atomic E-state index is 12.9. The standard InChI is InChI=1S/C19H16FNO4S2/c20-16-8-6-14(7-9-16)13-25-19(22)15-3-1-5-18(11-15)27(23,24)21-12-17-4-2-10-26-17/h1-11,21H,12-13H2. The van der Waals surface area contributed by atoms with Crippen LogP contribution in [0.25, 0.3) is 0 Å². The second kappa shape index (κ2) is 8.43. The van der Waals surface area contributed by atoms with Crippen LogP contribution in [0.2, 0.25) is 0 Å². The van der Waals surface area contributed by atoms with Gasteiger partial charge in [-0.3, -0.25) is 0 Å². The fraction of sp³-hybridized carbons (Fsp3) is 0.105. The van der Waals surface area contributed by atoms with Gasteiger partial charge in [0, 0.05) is 11.4 Å². The van der Waals surface area contributed by atoms with Gasteiger partial charge in [0.25, 0.3) is 0 Å². The van der Waals surface area contributed by atoms with Gasteiger partial charge in [0.2, 0.25) is 10.0 Å². The van der Waals surface area contributed by atoms with Gasteiger partial charge in [0.15, 0.2) is 0 Å². The maximum absolute atomic E-state index is 12.9. The zero-order valence-electron chi connectivity index (χ0n) is 14.1. The van der Waals surface area contributed by atoms with Crippen LogP contribution in [0.3, 0.4) is 0 Å². The molecule has 0 atom stereocenters. The van der Waals surface area contributed by atoms with Crippen molar-refractivity contribution in [1.82, 2.24) is 4.72 Å². The van der Waals surface area contributed by atoms with Gasteiger partial charge in [-0.2, -0.15) is 0 Å². The van der Waals surface area contributed by atoms with Gasteiger partial charge < -0.3 is 4.74 Å². The SMILES string of the molecule is O=C(OCc1ccc(F)cc1)c1cccc(S(=O)(=O)NCc2cccs2)c1. The maximum Gasteiger partial charge on any atom is 0.338 e. The number of nitrogens with one attached hydrogen (secondary N) is 1. The second-order valence-electron chi connectivity index (χ2n) is 5.63. The van der Waals surface area contributed by atoms with Crippen molar-refractivity contribution < 1.29 is 22.3 Å². The average Bonchev–Trinajstić information content (AvgIpc) is 3.20. The number of ether oxygens (including phenoxy) is 1. The van der Waals surface area contributed by atoms with Gasteiger partial charge in [-0.05, 0) is 47.3 Å². The molecule has 0 aliphatic heterocycles. The molecule has 0 aliphatic rings. The number of thiophene rings is 1. The molecule has 0 radical (unpaired) electrons. The van der Waals surface area contributed by atoms with E-state index >= 15 is 0 Å². The minimum absolute atomic E-state index is 0.0183. The smallest absolute Gasteiger partial charge is 0.338 e. The largest absolute Gasteiger partial charge is 0.457 e. The van der Waals surface area contributed by atoms with Crippen LogP contribution < -0.4 is 4.72 Å². The quantitative estimate of drug-likeness (QED) is 0.608. The van der Waals surface area contributed by atoms with E-state index < -0.39 is 16.0 Å². The summed E-state index contributed by atoms with van der Waals surface area (Å²) in [6.07, 6.45) is 0. The number of esters is 1. The van der Waals surface area contributed by atoms with Crippen LogP contribution in [0.4, 0.5) is 4.39 Å². The van der Waals surface area contributed by atoms with Crippen molar-refractivity contribution >= 4 is 27.3 Å². The minimum Gasteiger partial charge on any atom is -0.457 e. The van der Waals surface area contributed by atoms with Crippen molar-refractivity contribution in [1.29, 1.82) is 0 Å². The van der Waals surface area contributed by atoms with Crippen LogP contribution in [0.1, 0.15) is 20.8 Å². The Labute approximate surface area is 160 Å². The molecule has 27 heavy (non-hydrogen) atoms. The van der Waals surface area contributed by atoms with E-state index in [1.54, 1.807) is 0 Å². The molecule has 0 fully saturated rings. The van der Waals surface area contributed by atoms with Crippen LogP contribution in [0.5, 0.6) is 0 Å². The first-order chi connectivity index (χ1) is 12.9. The first-order valence-corrected chi connectivity index (χ1v) is 10.3. The molecular formula is C19H16FNO4S2. The lowest BCUT2D eigenvalue weighted by Crippen LogP contribution is -2.23. The van der Waals surface area contributed by atoms with E-state index in [1.165, 1.54) is 59.9 Å². The third-order valence-electron chi connectivity index (χ3n) is 3.68.